The van der Waals surface area contributed by atoms with Crippen LogP contribution in [0.2, 0.25) is 0 Å². The van der Waals surface area contributed by atoms with E-state index in [0.717, 1.165) is 61.9 Å². The number of nitrogens with one attached hydrogen (secondary N) is 2. The van der Waals surface area contributed by atoms with Gasteiger partial charge in [0.25, 0.3) is 0 Å². The normalized spacial score (nSPS) is 13.8. The fraction of sp³-hybridized carbons (Fsp3) is 0.440. The molecular formula is C25H34N4O3. The molecule has 0 unspecified atom stereocenters. The van der Waals surface area contributed by atoms with Crippen molar-refractivity contribution in [2.24, 2.45) is 0 Å². The van der Waals surface area contributed by atoms with Gasteiger partial charge < -0.3 is 20.3 Å². The molecule has 1 heterocycles. The van der Waals surface area contributed by atoms with Gasteiger partial charge in [0.05, 0.1) is 19.8 Å². The molecule has 0 bridgehead atoms. The Hall–Kier alpha value is -2.90. The van der Waals surface area contributed by atoms with Crippen LogP contribution >= 0.6 is 0 Å². The van der Waals surface area contributed by atoms with E-state index in [1.807, 2.05) is 60.4 Å². The number of para-hydroxylation sites is 1. The Morgan fingerprint density at radius 3 is 2.38 bits per heavy atom. The van der Waals surface area contributed by atoms with Gasteiger partial charge >= 0.3 is 0 Å². The van der Waals surface area contributed by atoms with E-state index in [2.05, 4.69) is 22.5 Å². The summed E-state index contributed by atoms with van der Waals surface area (Å²) in [5.74, 6) is -0.114. The van der Waals surface area contributed by atoms with E-state index in [9.17, 15) is 9.59 Å². The number of hydrogen-bond donors (Lipinski definition) is 2. The fourth-order valence-electron chi connectivity index (χ4n) is 3.75. The first-order valence-electron chi connectivity index (χ1n) is 11.4. The number of morpholine rings is 1. The number of rotatable bonds is 10. The number of nitrogens with zero attached hydrogens (tertiary/aromatic N) is 2. The molecule has 7 heteroatoms. The molecule has 32 heavy (non-hydrogen) atoms. The third kappa shape index (κ3) is 7.35. The Morgan fingerprint density at radius 1 is 0.969 bits per heavy atom. The van der Waals surface area contributed by atoms with Gasteiger partial charge in [-0.05, 0) is 55.8 Å². The molecule has 7 nitrogen and oxygen atoms in total. The summed E-state index contributed by atoms with van der Waals surface area (Å²) >= 11 is 0. The lowest BCUT2D eigenvalue weighted by Gasteiger charge is -2.28. The molecule has 0 radical (unpaired) electrons. The second-order valence-corrected chi connectivity index (χ2v) is 8.08. The number of carbonyl (C=O) groups is 2. The van der Waals surface area contributed by atoms with Crippen molar-refractivity contribution in [2.75, 3.05) is 61.5 Å². The van der Waals surface area contributed by atoms with Gasteiger partial charge in [-0.1, -0.05) is 25.1 Å². The molecule has 0 atom stereocenters. The highest BCUT2D eigenvalue weighted by Gasteiger charge is 2.14. The second kappa shape index (κ2) is 12.2. The van der Waals surface area contributed by atoms with Gasteiger partial charge in [-0.2, -0.15) is 0 Å². The molecule has 2 aromatic rings. The molecule has 0 aromatic heterocycles. The van der Waals surface area contributed by atoms with Crippen molar-refractivity contribution in [1.29, 1.82) is 0 Å². The largest absolute Gasteiger partial charge is 0.378 e. The molecule has 2 N–H and O–H groups in total. The van der Waals surface area contributed by atoms with Gasteiger partial charge in [0.2, 0.25) is 11.8 Å². The first-order chi connectivity index (χ1) is 15.5. The Kier molecular flexibility index (Phi) is 9.07. The van der Waals surface area contributed by atoms with Crippen LogP contribution in [0.25, 0.3) is 0 Å². The molecule has 2 amide bonds. The number of benzene rings is 2. The summed E-state index contributed by atoms with van der Waals surface area (Å²) in [6.45, 7) is 8.87. The summed E-state index contributed by atoms with van der Waals surface area (Å²) in [7, 11) is 0. The first kappa shape index (κ1) is 23.8. The van der Waals surface area contributed by atoms with Crippen LogP contribution in [-0.4, -0.2) is 62.7 Å². The van der Waals surface area contributed by atoms with Crippen LogP contribution in [0.1, 0.15) is 25.3 Å². The summed E-state index contributed by atoms with van der Waals surface area (Å²) in [5, 5.41) is 5.93. The molecule has 172 valence electrons. The number of carbonyl (C=O) groups excluding carboxylic acids is 2. The molecule has 3 rings (SSSR count). The van der Waals surface area contributed by atoms with Gasteiger partial charge in [0, 0.05) is 43.1 Å². The second-order valence-electron chi connectivity index (χ2n) is 8.08. The quantitative estimate of drug-likeness (QED) is 0.594. The van der Waals surface area contributed by atoms with Crippen molar-refractivity contribution in [1.82, 2.24) is 4.90 Å². The number of anilines is 3. The standard InChI is InChI=1S/C25H34N4O3/c1-3-13-28(19-25(31)27-23-7-5-4-6-20(23)2)14-12-24(30)26-21-8-10-22(11-9-21)29-15-17-32-18-16-29/h4-11H,3,12-19H2,1-2H3,(H,26,30)(H,27,31). The summed E-state index contributed by atoms with van der Waals surface area (Å²) < 4.78 is 5.39. The lowest BCUT2D eigenvalue weighted by molar-refractivity contribution is -0.119. The van der Waals surface area contributed by atoms with E-state index in [4.69, 9.17) is 4.74 Å². The van der Waals surface area contributed by atoms with Crippen molar-refractivity contribution in [2.45, 2.75) is 26.7 Å². The Morgan fingerprint density at radius 2 is 1.69 bits per heavy atom. The molecular weight excluding hydrogens is 404 g/mol. The molecule has 1 aliphatic heterocycles. The maximum atomic E-state index is 12.5. The zero-order valence-electron chi connectivity index (χ0n) is 19.1. The van der Waals surface area contributed by atoms with Gasteiger partial charge in [-0.25, -0.2) is 0 Å². The van der Waals surface area contributed by atoms with Crippen molar-refractivity contribution in [3.63, 3.8) is 0 Å². The van der Waals surface area contributed by atoms with Crippen molar-refractivity contribution in [3.05, 3.63) is 54.1 Å². The minimum absolute atomic E-state index is 0.0514. The number of amides is 2. The van der Waals surface area contributed by atoms with Crippen LogP contribution in [-0.2, 0) is 14.3 Å². The highest BCUT2D eigenvalue weighted by Crippen LogP contribution is 2.19. The lowest BCUT2D eigenvalue weighted by Crippen LogP contribution is -2.36. The first-order valence-corrected chi connectivity index (χ1v) is 11.4. The van der Waals surface area contributed by atoms with Crippen LogP contribution in [0.4, 0.5) is 17.1 Å². The molecule has 0 spiro atoms. The van der Waals surface area contributed by atoms with Crippen LogP contribution in [0.3, 0.4) is 0 Å². The highest BCUT2D eigenvalue weighted by atomic mass is 16.5. The summed E-state index contributed by atoms with van der Waals surface area (Å²) in [4.78, 5) is 29.2. The van der Waals surface area contributed by atoms with E-state index in [0.29, 0.717) is 13.0 Å². The number of aryl methyl sites for hydroxylation is 1. The van der Waals surface area contributed by atoms with Crippen molar-refractivity contribution in [3.8, 4) is 0 Å². The van der Waals surface area contributed by atoms with E-state index in [1.165, 1.54) is 0 Å². The van der Waals surface area contributed by atoms with Gasteiger partial charge in [0.1, 0.15) is 0 Å². The van der Waals surface area contributed by atoms with E-state index < -0.39 is 0 Å². The maximum absolute atomic E-state index is 12.5. The minimum Gasteiger partial charge on any atom is -0.378 e. The van der Waals surface area contributed by atoms with Crippen LogP contribution in [0, 0.1) is 6.92 Å². The Balaban J connectivity index is 1.45. The lowest BCUT2D eigenvalue weighted by atomic mass is 10.2. The maximum Gasteiger partial charge on any atom is 0.238 e. The zero-order valence-corrected chi connectivity index (χ0v) is 19.1. The number of ether oxygens (including phenoxy) is 1. The fourth-order valence-corrected chi connectivity index (χ4v) is 3.75. The predicted octanol–water partition coefficient (Wildman–Crippen LogP) is 3.51. The third-order valence-electron chi connectivity index (χ3n) is 5.51. The van der Waals surface area contributed by atoms with E-state index in [-0.39, 0.29) is 18.4 Å². The summed E-state index contributed by atoms with van der Waals surface area (Å²) in [5.41, 5.74) is 3.78. The molecule has 0 aliphatic carbocycles. The smallest absolute Gasteiger partial charge is 0.238 e. The summed E-state index contributed by atoms with van der Waals surface area (Å²) in [6, 6.07) is 15.6. The highest BCUT2D eigenvalue weighted by molar-refractivity contribution is 5.93. The van der Waals surface area contributed by atoms with Gasteiger partial charge in [-0.3, -0.25) is 14.5 Å². The number of hydrogen-bond acceptors (Lipinski definition) is 5. The Labute approximate surface area is 190 Å². The van der Waals surface area contributed by atoms with E-state index >= 15 is 0 Å². The monoisotopic (exact) mass is 438 g/mol. The van der Waals surface area contributed by atoms with Crippen LogP contribution in [0.5, 0.6) is 0 Å². The van der Waals surface area contributed by atoms with Gasteiger partial charge in [0.15, 0.2) is 0 Å². The average Bonchev–Trinajstić information content (AvgIpc) is 2.80. The SMILES string of the molecule is CCCN(CCC(=O)Nc1ccc(N2CCOCC2)cc1)CC(=O)Nc1ccccc1C. The summed E-state index contributed by atoms with van der Waals surface area (Å²) in [6.07, 6.45) is 1.26. The Bertz CT molecular complexity index is 879. The molecule has 2 aromatic carbocycles. The average molecular weight is 439 g/mol. The molecule has 0 saturated carbocycles. The van der Waals surface area contributed by atoms with Crippen LogP contribution < -0.4 is 15.5 Å². The molecule has 1 fully saturated rings. The van der Waals surface area contributed by atoms with Crippen molar-refractivity contribution < 1.29 is 14.3 Å². The van der Waals surface area contributed by atoms with Crippen molar-refractivity contribution >= 4 is 28.9 Å². The van der Waals surface area contributed by atoms with E-state index in [1.54, 1.807) is 0 Å². The third-order valence-corrected chi connectivity index (χ3v) is 5.51. The topological polar surface area (TPSA) is 73.9 Å². The molecule has 1 saturated heterocycles. The molecule has 1 aliphatic rings. The van der Waals surface area contributed by atoms with Gasteiger partial charge in [-0.15, -0.1) is 0 Å². The van der Waals surface area contributed by atoms with Crippen LogP contribution in [0.15, 0.2) is 48.5 Å². The zero-order chi connectivity index (χ0) is 22.8. The minimum atomic E-state index is -0.0631. The predicted molar refractivity (Wildman–Crippen MR) is 129 cm³/mol.